The highest BCUT2D eigenvalue weighted by molar-refractivity contribution is 5.88. The van der Waals surface area contributed by atoms with Gasteiger partial charge < -0.3 is 16.0 Å². The van der Waals surface area contributed by atoms with Crippen molar-refractivity contribution in [2.45, 2.75) is 38.5 Å². The summed E-state index contributed by atoms with van der Waals surface area (Å²) in [5, 5.41) is 6.86. The molecule has 1 fully saturated rings. The molecular formula is C16H20F3N3O2. The van der Waals surface area contributed by atoms with Crippen LogP contribution in [0.5, 0.6) is 0 Å². The zero-order chi connectivity index (χ0) is 17.9. The van der Waals surface area contributed by atoms with Crippen LogP contribution >= 0.6 is 0 Å². The van der Waals surface area contributed by atoms with E-state index in [0.29, 0.717) is 18.5 Å². The highest BCUT2D eigenvalue weighted by Crippen LogP contribution is 2.33. The molecule has 0 saturated carbocycles. The van der Waals surface area contributed by atoms with Gasteiger partial charge in [0.15, 0.2) is 6.04 Å². The van der Waals surface area contributed by atoms with E-state index in [1.807, 2.05) is 5.32 Å². The summed E-state index contributed by atoms with van der Waals surface area (Å²) in [6.45, 7) is 3.94. The van der Waals surface area contributed by atoms with Crippen LogP contribution in [0.25, 0.3) is 0 Å². The zero-order valence-electron chi connectivity index (χ0n) is 13.4. The zero-order valence-corrected chi connectivity index (χ0v) is 13.4. The van der Waals surface area contributed by atoms with Crippen molar-refractivity contribution in [3.63, 3.8) is 0 Å². The number of aryl methyl sites for hydroxylation is 1. The van der Waals surface area contributed by atoms with Gasteiger partial charge in [-0.2, -0.15) is 13.2 Å². The lowest BCUT2D eigenvalue weighted by Gasteiger charge is -2.30. The number of alkyl halides is 3. The Morgan fingerprint density at radius 1 is 1.38 bits per heavy atom. The molecule has 1 aromatic carbocycles. The van der Waals surface area contributed by atoms with Gasteiger partial charge in [-0.1, -0.05) is 36.8 Å². The smallest absolute Gasteiger partial charge is 0.354 e. The second-order valence-electron chi connectivity index (χ2n) is 6.04. The van der Waals surface area contributed by atoms with E-state index in [4.69, 9.17) is 0 Å². The number of carbonyl (C=O) groups is 2. The highest BCUT2D eigenvalue weighted by Gasteiger charge is 2.42. The Hall–Kier alpha value is -2.25. The van der Waals surface area contributed by atoms with Crippen molar-refractivity contribution in [3.8, 4) is 0 Å². The number of hydrogen-bond donors (Lipinski definition) is 3. The number of halogens is 3. The lowest BCUT2D eigenvalue weighted by Crippen LogP contribution is -2.57. The molecule has 3 amide bonds. The van der Waals surface area contributed by atoms with Gasteiger partial charge in [0.1, 0.15) is 6.04 Å². The molecule has 2 rings (SSSR count). The van der Waals surface area contributed by atoms with Crippen LogP contribution in [-0.2, 0) is 4.79 Å². The molecule has 0 spiro atoms. The van der Waals surface area contributed by atoms with Crippen molar-refractivity contribution in [1.82, 2.24) is 16.0 Å². The molecule has 0 aromatic heterocycles. The third kappa shape index (κ3) is 4.39. The fourth-order valence-electron chi connectivity index (χ4n) is 2.68. The second-order valence-corrected chi connectivity index (χ2v) is 6.04. The number of nitrogens with one attached hydrogen (secondary N) is 3. The third-order valence-corrected chi connectivity index (χ3v) is 4.02. The molecule has 1 aromatic rings. The Balaban J connectivity index is 2.12. The van der Waals surface area contributed by atoms with E-state index in [1.54, 1.807) is 19.9 Å². The van der Waals surface area contributed by atoms with Crippen LogP contribution in [0.15, 0.2) is 24.3 Å². The molecule has 0 aliphatic carbocycles. The first-order valence-corrected chi connectivity index (χ1v) is 7.66. The Bertz CT molecular complexity index is 619. The van der Waals surface area contributed by atoms with Gasteiger partial charge in [-0.05, 0) is 24.8 Å². The van der Waals surface area contributed by atoms with Crippen molar-refractivity contribution in [3.05, 3.63) is 35.4 Å². The van der Waals surface area contributed by atoms with E-state index in [2.05, 4.69) is 10.6 Å². The van der Waals surface area contributed by atoms with E-state index < -0.39 is 24.3 Å². The van der Waals surface area contributed by atoms with Crippen LogP contribution in [0.2, 0.25) is 0 Å². The molecule has 0 unspecified atom stereocenters. The maximum Gasteiger partial charge on any atom is 0.412 e. The topological polar surface area (TPSA) is 70.2 Å². The van der Waals surface area contributed by atoms with Crippen molar-refractivity contribution in [1.29, 1.82) is 0 Å². The van der Waals surface area contributed by atoms with Gasteiger partial charge in [0, 0.05) is 6.54 Å². The average molecular weight is 343 g/mol. The normalized spacial score (nSPS) is 22.5. The maximum absolute atomic E-state index is 13.3. The number of carbonyl (C=O) groups excluding carboxylic acids is 2. The molecule has 24 heavy (non-hydrogen) atoms. The van der Waals surface area contributed by atoms with E-state index in [-0.39, 0.29) is 17.4 Å². The molecule has 1 heterocycles. The van der Waals surface area contributed by atoms with Gasteiger partial charge in [-0.3, -0.25) is 4.79 Å². The standard InChI is InChI=1S/C16H20F3N3O2/c1-9-4-3-5-11(8-9)13(16(17,18)19)22-15(24)21-12-10(2)6-7-20-14(12)23/h3-5,8,10,12-13H,6-7H2,1-2H3,(H,20,23)(H2,21,22,24)/t10-,12+,13-/m0/s1. The first kappa shape index (κ1) is 18.1. The van der Waals surface area contributed by atoms with Gasteiger partial charge in [0.2, 0.25) is 5.91 Å². The molecule has 5 nitrogen and oxygen atoms in total. The number of hydrogen-bond acceptors (Lipinski definition) is 2. The number of piperidine rings is 1. The van der Waals surface area contributed by atoms with Crippen LogP contribution < -0.4 is 16.0 Å². The maximum atomic E-state index is 13.3. The minimum Gasteiger partial charge on any atom is -0.354 e. The van der Waals surface area contributed by atoms with Crippen LogP contribution in [0.1, 0.15) is 30.5 Å². The third-order valence-electron chi connectivity index (χ3n) is 4.02. The summed E-state index contributed by atoms with van der Waals surface area (Å²) in [6.07, 6.45) is -4.00. The molecule has 1 aliphatic heterocycles. The molecule has 1 saturated heterocycles. The summed E-state index contributed by atoms with van der Waals surface area (Å²) >= 11 is 0. The monoisotopic (exact) mass is 343 g/mol. The molecule has 8 heteroatoms. The number of amides is 3. The lowest BCUT2D eigenvalue weighted by atomic mass is 9.94. The summed E-state index contributed by atoms with van der Waals surface area (Å²) in [5.41, 5.74) is 0.600. The van der Waals surface area contributed by atoms with Crippen molar-refractivity contribution in [2.75, 3.05) is 6.54 Å². The number of rotatable bonds is 3. The predicted molar refractivity (Wildman–Crippen MR) is 82.2 cm³/mol. The Morgan fingerprint density at radius 3 is 2.67 bits per heavy atom. The molecule has 0 bridgehead atoms. The first-order valence-electron chi connectivity index (χ1n) is 7.66. The van der Waals surface area contributed by atoms with Gasteiger partial charge >= 0.3 is 12.2 Å². The largest absolute Gasteiger partial charge is 0.412 e. The van der Waals surface area contributed by atoms with Crippen LogP contribution in [-0.4, -0.2) is 30.7 Å². The van der Waals surface area contributed by atoms with E-state index >= 15 is 0 Å². The molecule has 132 valence electrons. The summed E-state index contributed by atoms with van der Waals surface area (Å²) in [5.74, 6) is -0.532. The number of benzene rings is 1. The van der Waals surface area contributed by atoms with Gasteiger partial charge in [-0.15, -0.1) is 0 Å². The Kier molecular flexibility index (Phi) is 5.36. The first-order chi connectivity index (χ1) is 11.2. The molecule has 3 atom stereocenters. The van der Waals surface area contributed by atoms with Gasteiger partial charge in [0.05, 0.1) is 0 Å². The SMILES string of the molecule is Cc1cccc([C@H](NC(=O)N[C@H]2C(=O)NCC[C@@H]2C)C(F)(F)F)c1. The average Bonchev–Trinajstić information content (AvgIpc) is 2.47. The summed E-state index contributed by atoms with van der Waals surface area (Å²) in [4.78, 5) is 23.8. The van der Waals surface area contributed by atoms with Crippen molar-refractivity contribution < 1.29 is 22.8 Å². The summed E-state index contributed by atoms with van der Waals surface area (Å²) in [7, 11) is 0. The molecule has 0 radical (unpaired) electrons. The molecular weight excluding hydrogens is 323 g/mol. The molecule has 3 N–H and O–H groups in total. The fraction of sp³-hybridized carbons (Fsp3) is 0.500. The fourth-order valence-corrected chi connectivity index (χ4v) is 2.68. The minimum atomic E-state index is -4.65. The molecule has 1 aliphatic rings. The van der Waals surface area contributed by atoms with Crippen LogP contribution in [0, 0.1) is 12.8 Å². The van der Waals surface area contributed by atoms with E-state index in [9.17, 15) is 22.8 Å². The lowest BCUT2D eigenvalue weighted by molar-refractivity contribution is -0.155. The summed E-state index contributed by atoms with van der Waals surface area (Å²) in [6, 6.07) is 1.85. The second kappa shape index (κ2) is 7.11. The predicted octanol–water partition coefficient (Wildman–Crippen LogP) is 2.42. The van der Waals surface area contributed by atoms with Gasteiger partial charge in [0.25, 0.3) is 0 Å². The van der Waals surface area contributed by atoms with Crippen molar-refractivity contribution in [2.24, 2.45) is 5.92 Å². The minimum absolute atomic E-state index is 0.0567. The summed E-state index contributed by atoms with van der Waals surface area (Å²) < 4.78 is 39.9. The van der Waals surface area contributed by atoms with E-state index in [0.717, 1.165) is 0 Å². The van der Waals surface area contributed by atoms with Gasteiger partial charge in [-0.25, -0.2) is 4.79 Å². The Morgan fingerprint density at radius 2 is 2.08 bits per heavy atom. The van der Waals surface area contributed by atoms with Crippen LogP contribution in [0.3, 0.4) is 0 Å². The quantitative estimate of drug-likeness (QED) is 0.789. The van der Waals surface area contributed by atoms with E-state index in [1.165, 1.54) is 18.2 Å². The van der Waals surface area contributed by atoms with Crippen LogP contribution in [0.4, 0.5) is 18.0 Å². The number of urea groups is 1. The Labute approximate surface area is 138 Å². The van der Waals surface area contributed by atoms with Crippen molar-refractivity contribution >= 4 is 11.9 Å². The highest BCUT2D eigenvalue weighted by atomic mass is 19.4.